The lowest BCUT2D eigenvalue weighted by Gasteiger charge is -2.22. The lowest BCUT2D eigenvalue weighted by molar-refractivity contribution is 0.285. The minimum Gasteiger partial charge on any atom is -0.391 e. The predicted molar refractivity (Wildman–Crippen MR) is 74.2 cm³/mol. The van der Waals surface area contributed by atoms with Crippen molar-refractivity contribution in [1.29, 1.82) is 0 Å². The first-order valence-corrected chi connectivity index (χ1v) is 8.21. The van der Waals surface area contributed by atoms with Crippen LogP contribution in [-0.4, -0.2) is 20.1 Å². The van der Waals surface area contributed by atoms with E-state index in [4.69, 9.17) is 5.11 Å². The maximum atomic E-state index is 12.1. The van der Waals surface area contributed by atoms with E-state index < -0.39 is 10.0 Å². The summed E-state index contributed by atoms with van der Waals surface area (Å²) in [4.78, 5) is 0.699. The SMILES string of the molecule is CCC(C)(C)CNS(=O)(=O)c1cc(C)c(CO)s1. The number of thiophene rings is 1. The number of aliphatic hydroxyl groups excluding tert-OH is 1. The first kappa shape index (κ1) is 15.6. The number of aliphatic hydroxyl groups is 1. The quantitative estimate of drug-likeness (QED) is 0.845. The summed E-state index contributed by atoms with van der Waals surface area (Å²) in [6.07, 6.45) is 0.904. The summed E-state index contributed by atoms with van der Waals surface area (Å²) in [5.41, 5.74) is 0.761. The van der Waals surface area contributed by atoms with Crippen LogP contribution >= 0.6 is 11.3 Å². The zero-order valence-corrected chi connectivity index (χ0v) is 12.9. The Morgan fingerprint density at radius 2 is 2.06 bits per heavy atom. The van der Waals surface area contributed by atoms with Gasteiger partial charge in [0.15, 0.2) is 0 Å². The number of sulfonamides is 1. The van der Waals surface area contributed by atoms with E-state index in [-0.39, 0.29) is 16.2 Å². The van der Waals surface area contributed by atoms with Crippen molar-refractivity contribution in [3.05, 3.63) is 16.5 Å². The van der Waals surface area contributed by atoms with Crippen molar-refractivity contribution < 1.29 is 13.5 Å². The van der Waals surface area contributed by atoms with Crippen molar-refractivity contribution in [3.63, 3.8) is 0 Å². The minimum atomic E-state index is -3.46. The number of nitrogens with one attached hydrogen (secondary N) is 1. The van der Waals surface area contributed by atoms with Gasteiger partial charge in [0, 0.05) is 11.4 Å². The molecule has 6 heteroatoms. The van der Waals surface area contributed by atoms with Crippen LogP contribution in [-0.2, 0) is 16.6 Å². The molecular formula is C12H21NO3S2. The molecule has 2 N–H and O–H groups in total. The van der Waals surface area contributed by atoms with Gasteiger partial charge >= 0.3 is 0 Å². The Bertz CT molecular complexity index is 503. The Morgan fingerprint density at radius 3 is 2.50 bits per heavy atom. The van der Waals surface area contributed by atoms with Gasteiger partial charge in [-0.3, -0.25) is 0 Å². The monoisotopic (exact) mass is 291 g/mol. The highest BCUT2D eigenvalue weighted by molar-refractivity contribution is 7.91. The molecule has 0 aliphatic heterocycles. The Labute approximate surface area is 113 Å². The lowest BCUT2D eigenvalue weighted by atomic mass is 9.91. The molecule has 0 atom stereocenters. The van der Waals surface area contributed by atoms with Gasteiger partial charge < -0.3 is 5.11 Å². The van der Waals surface area contributed by atoms with E-state index >= 15 is 0 Å². The molecule has 4 nitrogen and oxygen atoms in total. The van der Waals surface area contributed by atoms with Crippen molar-refractivity contribution in [2.75, 3.05) is 6.54 Å². The summed E-state index contributed by atoms with van der Waals surface area (Å²) >= 11 is 1.12. The molecular weight excluding hydrogens is 270 g/mol. The van der Waals surface area contributed by atoms with Gasteiger partial charge in [-0.2, -0.15) is 0 Å². The predicted octanol–water partition coefficient (Wildman–Crippen LogP) is 2.26. The molecule has 0 saturated carbocycles. The average Bonchev–Trinajstić information content (AvgIpc) is 2.69. The highest BCUT2D eigenvalue weighted by Gasteiger charge is 2.22. The van der Waals surface area contributed by atoms with Crippen molar-refractivity contribution in [2.45, 2.75) is 44.9 Å². The van der Waals surface area contributed by atoms with Crippen LogP contribution in [0.4, 0.5) is 0 Å². The molecule has 0 aliphatic carbocycles. The molecule has 0 aliphatic rings. The van der Waals surface area contributed by atoms with Gasteiger partial charge in [-0.25, -0.2) is 13.1 Å². The molecule has 0 aromatic carbocycles. The summed E-state index contributed by atoms with van der Waals surface area (Å²) in [7, 11) is -3.46. The van der Waals surface area contributed by atoms with E-state index in [1.807, 2.05) is 20.8 Å². The Balaban J connectivity index is 2.86. The molecule has 0 bridgehead atoms. The highest BCUT2D eigenvalue weighted by Crippen LogP contribution is 2.26. The third-order valence-corrected chi connectivity index (χ3v) is 6.20. The van der Waals surface area contributed by atoms with E-state index in [9.17, 15) is 8.42 Å². The summed E-state index contributed by atoms with van der Waals surface area (Å²) in [6.45, 7) is 8.18. The molecule has 104 valence electrons. The number of aryl methyl sites for hydroxylation is 1. The largest absolute Gasteiger partial charge is 0.391 e. The molecule has 0 spiro atoms. The third-order valence-electron chi connectivity index (χ3n) is 3.10. The molecule has 1 aromatic rings. The van der Waals surface area contributed by atoms with Crippen LogP contribution in [0, 0.1) is 12.3 Å². The van der Waals surface area contributed by atoms with E-state index in [1.54, 1.807) is 13.0 Å². The second kappa shape index (κ2) is 5.69. The summed E-state index contributed by atoms with van der Waals surface area (Å²) in [5, 5.41) is 9.09. The molecule has 1 rings (SSSR count). The topological polar surface area (TPSA) is 66.4 Å². The normalized spacial score (nSPS) is 12.9. The molecule has 0 radical (unpaired) electrons. The van der Waals surface area contributed by atoms with Crippen LogP contribution < -0.4 is 4.72 Å². The van der Waals surface area contributed by atoms with Crippen LogP contribution in [0.5, 0.6) is 0 Å². The van der Waals surface area contributed by atoms with Crippen molar-refractivity contribution in [2.24, 2.45) is 5.41 Å². The second-order valence-corrected chi connectivity index (χ2v) is 8.30. The standard InChI is InChI=1S/C12H21NO3S2/c1-5-12(3,4)8-13-18(15,16)11-6-9(2)10(7-14)17-11/h6,13-14H,5,7-8H2,1-4H3. The molecule has 0 fully saturated rings. The van der Waals surface area contributed by atoms with Gasteiger partial charge in [-0.05, 0) is 30.4 Å². The Kier molecular flexibility index (Phi) is 4.94. The fourth-order valence-corrected chi connectivity index (χ4v) is 4.00. The molecule has 18 heavy (non-hydrogen) atoms. The highest BCUT2D eigenvalue weighted by atomic mass is 32.2. The van der Waals surface area contributed by atoms with E-state index in [0.717, 1.165) is 23.3 Å². The second-order valence-electron chi connectivity index (χ2n) is 5.17. The van der Waals surface area contributed by atoms with E-state index in [0.29, 0.717) is 11.4 Å². The van der Waals surface area contributed by atoms with Crippen molar-refractivity contribution in [1.82, 2.24) is 4.72 Å². The smallest absolute Gasteiger partial charge is 0.250 e. The van der Waals surface area contributed by atoms with Gasteiger partial charge in [0.25, 0.3) is 0 Å². The number of hydrogen-bond acceptors (Lipinski definition) is 4. The summed E-state index contributed by atoms with van der Waals surface area (Å²) < 4.78 is 27.1. The molecule has 1 aromatic heterocycles. The van der Waals surface area contributed by atoms with E-state index in [2.05, 4.69) is 4.72 Å². The molecule has 0 unspecified atom stereocenters. The van der Waals surface area contributed by atoms with Gasteiger partial charge in [0.1, 0.15) is 4.21 Å². The van der Waals surface area contributed by atoms with Crippen LogP contribution in [0.25, 0.3) is 0 Å². The van der Waals surface area contributed by atoms with Gasteiger partial charge in [0.05, 0.1) is 6.61 Å². The summed E-state index contributed by atoms with van der Waals surface area (Å²) in [6, 6.07) is 1.61. The van der Waals surface area contributed by atoms with Gasteiger partial charge in [-0.15, -0.1) is 11.3 Å². The average molecular weight is 291 g/mol. The van der Waals surface area contributed by atoms with Crippen molar-refractivity contribution in [3.8, 4) is 0 Å². The van der Waals surface area contributed by atoms with Crippen LogP contribution in [0.3, 0.4) is 0 Å². The van der Waals surface area contributed by atoms with Crippen LogP contribution in [0.2, 0.25) is 0 Å². The van der Waals surface area contributed by atoms with Gasteiger partial charge in [-0.1, -0.05) is 20.8 Å². The van der Waals surface area contributed by atoms with Crippen molar-refractivity contribution >= 4 is 21.4 Å². The lowest BCUT2D eigenvalue weighted by Crippen LogP contribution is -2.33. The van der Waals surface area contributed by atoms with E-state index in [1.165, 1.54) is 0 Å². The maximum absolute atomic E-state index is 12.1. The first-order valence-electron chi connectivity index (χ1n) is 5.91. The zero-order chi connectivity index (χ0) is 14.0. The third kappa shape index (κ3) is 3.78. The number of rotatable bonds is 6. The summed E-state index contributed by atoms with van der Waals surface area (Å²) in [5.74, 6) is 0. The molecule has 0 amide bonds. The minimum absolute atomic E-state index is 0.0564. The fraction of sp³-hybridized carbons (Fsp3) is 0.667. The Hall–Kier alpha value is -0.430. The molecule has 0 saturated heterocycles. The van der Waals surface area contributed by atoms with Crippen LogP contribution in [0.1, 0.15) is 37.6 Å². The first-order chi connectivity index (χ1) is 8.22. The Morgan fingerprint density at radius 1 is 1.44 bits per heavy atom. The fourth-order valence-electron chi connectivity index (χ4n) is 1.26. The number of hydrogen-bond donors (Lipinski definition) is 2. The maximum Gasteiger partial charge on any atom is 0.250 e. The molecule has 1 heterocycles. The van der Waals surface area contributed by atoms with Gasteiger partial charge in [0.2, 0.25) is 10.0 Å². The zero-order valence-electron chi connectivity index (χ0n) is 11.3. The van der Waals surface area contributed by atoms with Crippen LogP contribution in [0.15, 0.2) is 10.3 Å².